The normalized spacial score (nSPS) is 18.4. The van der Waals surface area contributed by atoms with Gasteiger partial charge in [0.1, 0.15) is 0 Å². The van der Waals surface area contributed by atoms with Crippen LogP contribution in [0.1, 0.15) is 197 Å². The van der Waals surface area contributed by atoms with Crippen molar-refractivity contribution in [2.45, 2.75) is 180 Å². The highest BCUT2D eigenvalue weighted by molar-refractivity contribution is 5.98. The van der Waals surface area contributed by atoms with Crippen LogP contribution in [0.25, 0.3) is 10.8 Å². The van der Waals surface area contributed by atoms with Gasteiger partial charge in [0.15, 0.2) is 0 Å². The van der Waals surface area contributed by atoms with Gasteiger partial charge in [-0.2, -0.15) is 0 Å². The van der Waals surface area contributed by atoms with Crippen molar-refractivity contribution in [2.24, 2.45) is 0 Å². The van der Waals surface area contributed by atoms with Crippen LogP contribution in [0.3, 0.4) is 0 Å². The van der Waals surface area contributed by atoms with Gasteiger partial charge < -0.3 is 9.80 Å². The Morgan fingerprint density at radius 2 is 0.562 bits per heavy atom. The smallest absolute Gasteiger partial charge is 0.0470 e. The van der Waals surface area contributed by atoms with Crippen molar-refractivity contribution in [3.8, 4) is 0 Å². The van der Waals surface area contributed by atoms with E-state index in [0.717, 1.165) is 0 Å². The standard InChI is InChI=1S/C62H74N2/c1-43-33-44(2)36-55(35-43)63(53-29-25-49(26-30-53)47-17-9-5-10-18-47)57-39-59(51-21-13-7-14-22-51)62-42-58(40-60(61(62)41-57)52-23-15-8-16-24-52)64(56-37-45(3)34-46(4)38-56)54-31-27-50(28-32-54)48-19-11-6-12-20-48/h25-42,47-48,51-52H,5-24H2,1-4H3. The second kappa shape index (κ2) is 19.3. The van der Waals surface area contributed by atoms with Crippen molar-refractivity contribution in [1.82, 2.24) is 0 Å². The largest absolute Gasteiger partial charge is 0.310 e. The van der Waals surface area contributed by atoms with Gasteiger partial charge in [-0.05, 0) is 231 Å². The monoisotopic (exact) mass is 847 g/mol. The summed E-state index contributed by atoms with van der Waals surface area (Å²) in [4.78, 5) is 5.23. The van der Waals surface area contributed by atoms with Crippen LogP contribution in [0.15, 0.2) is 109 Å². The molecule has 0 spiro atoms. The summed E-state index contributed by atoms with van der Waals surface area (Å²) in [5.74, 6) is 2.48. The Labute approximate surface area is 386 Å². The number of hydrogen-bond donors (Lipinski definition) is 0. The zero-order chi connectivity index (χ0) is 43.6. The molecule has 0 aromatic heterocycles. The van der Waals surface area contributed by atoms with Crippen molar-refractivity contribution < 1.29 is 0 Å². The van der Waals surface area contributed by atoms with E-state index in [9.17, 15) is 0 Å². The summed E-state index contributed by atoms with van der Waals surface area (Å²) in [5.41, 5.74) is 19.2. The molecule has 4 aliphatic carbocycles. The van der Waals surface area contributed by atoms with Gasteiger partial charge in [-0.25, -0.2) is 0 Å². The van der Waals surface area contributed by atoms with Crippen molar-refractivity contribution in [1.29, 1.82) is 0 Å². The molecule has 4 aliphatic rings. The van der Waals surface area contributed by atoms with Gasteiger partial charge in [-0.1, -0.05) is 113 Å². The quantitative estimate of drug-likeness (QED) is 0.136. The van der Waals surface area contributed by atoms with E-state index >= 15 is 0 Å². The Morgan fingerprint density at radius 3 is 0.875 bits per heavy atom. The highest BCUT2D eigenvalue weighted by Crippen LogP contribution is 2.49. The van der Waals surface area contributed by atoms with E-state index in [2.05, 4.69) is 147 Å². The summed E-state index contributed by atoms with van der Waals surface area (Å²) in [7, 11) is 0. The summed E-state index contributed by atoms with van der Waals surface area (Å²) in [5, 5.41) is 2.96. The number of hydrogen-bond acceptors (Lipinski definition) is 2. The van der Waals surface area contributed by atoms with Crippen LogP contribution in [-0.2, 0) is 0 Å². The number of nitrogens with zero attached hydrogens (tertiary/aromatic N) is 2. The van der Waals surface area contributed by atoms with Crippen molar-refractivity contribution in [2.75, 3.05) is 9.80 Å². The lowest BCUT2D eigenvalue weighted by atomic mass is 9.78. The third-order valence-corrected chi connectivity index (χ3v) is 16.1. The number of anilines is 6. The average Bonchev–Trinajstić information content (AvgIpc) is 3.32. The zero-order valence-corrected chi connectivity index (χ0v) is 39.7. The van der Waals surface area contributed by atoms with E-state index in [-0.39, 0.29) is 0 Å². The molecule has 4 fully saturated rings. The molecule has 0 N–H and O–H groups in total. The predicted octanol–water partition coefficient (Wildman–Crippen LogP) is 19.2. The number of aryl methyl sites for hydroxylation is 4. The topological polar surface area (TPSA) is 6.48 Å². The van der Waals surface area contributed by atoms with Crippen LogP contribution < -0.4 is 9.80 Å². The fourth-order valence-corrected chi connectivity index (χ4v) is 13.0. The van der Waals surface area contributed by atoms with E-state index < -0.39 is 0 Å². The molecule has 64 heavy (non-hydrogen) atoms. The maximum absolute atomic E-state index is 2.65. The van der Waals surface area contributed by atoms with Crippen LogP contribution in [0, 0.1) is 27.7 Å². The average molecular weight is 847 g/mol. The van der Waals surface area contributed by atoms with Crippen molar-refractivity contribution >= 4 is 44.9 Å². The molecule has 0 saturated heterocycles. The molecule has 0 amide bonds. The number of benzene rings is 6. The molecule has 10 rings (SSSR count). The molecule has 0 atom stereocenters. The molecule has 0 unspecified atom stereocenters. The molecule has 2 heteroatoms. The molecule has 4 saturated carbocycles. The van der Waals surface area contributed by atoms with Crippen LogP contribution in [-0.4, -0.2) is 0 Å². The SMILES string of the molecule is Cc1cc(C)cc(N(c2ccc(C3CCCCC3)cc2)c2cc(C3CCCCC3)c3cc(N(c4ccc(C5CCCCC5)cc4)c4cc(C)cc(C)c4)cc(C4CCCCC4)c3c2)c1. The van der Waals surface area contributed by atoms with Crippen LogP contribution in [0.2, 0.25) is 0 Å². The predicted molar refractivity (Wildman–Crippen MR) is 276 cm³/mol. The van der Waals surface area contributed by atoms with E-state index in [0.29, 0.717) is 23.7 Å². The summed E-state index contributed by atoms with van der Waals surface area (Å²) < 4.78 is 0. The molecule has 0 aliphatic heterocycles. The highest BCUT2D eigenvalue weighted by atomic mass is 15.1. The third kappa shape index (κ3) is 9.32. The van der Waals surface area contributed by atoms with E-state index in [1.807, 2.05) is 0 Å². The molecule has 6 aromatic carbocycles. The lowest BCUT2D eigenvalue weighted by Gasteiger charge is -2.33. The summed E-state index contributed by atoms with van der Waals surface area (Å²) in [6.45, 7) is 9.07. The molecule has 0 radical (unpaired) electrons. The Balaban J connectivity index is 1.18. The summed E-state index contributed by atoms with van der Waals surface area (Å²) in [6, 6.07) is 44.5. The fourth-order valence-electron chi connectivity index (χ4n) is 13.0. The maximum atomic E-state index is 2.65. The summed E-state index contributed by atoms with van der Waals surface area (Å²) >= 11 is 0. The highest BCUT2D eigenvalue weighted by Gasteiger charge is 2.28. The molecule has 6 aromatic rings. The summed E-state index contributed by atoms with van der Waals surface area (Å²) in [6.07, 6.45) is 26.6. The van der Waals surface area contributed by atoms with Gasteiger partial charge >= 0.3 is 0 Å². The number of rotatable bonds is 10. The van der Waals surface area contributed by atoms with E-state index in [4.69, 9.17) is 0 Å². The molecule has 2 nitrogen and oxygen atoms in total. The van der Waals surface area contributed by atoms with Gasteiger partial charge in [0.05, 0.1) is 0 Å². The second-order valence-corrected chi connectivity index (χ2v) is 21.1. The van der Waals surface area contributed by atoms with Crippen molar-refractivity contribution in [3.63, 3.8) is 0 Å². The fraction of sp³-hybridized carbons (Fsp3) is 0.452. The van der Waals surface area contributed by atoms with Gasteiger partial charge in [0.2, 0.25) is 0 Å². The Hall–Kier alpha value is -4.82. The zero-order valence-electron chi connectivity index (χ0n) is 39.7. The lowest BCUT2D eigenvalue weighted by Crippen LogP contribution is -2.15. The molecule has 0 heterocycles. The van der Waals surface area contributed by atoms with Gasteiger partial charge in [0.25, 0.3) is 0 Å². The van der Waals surface area contributed by atoms with E-state index in [1.54, 1.807) is 11.1 Å². The number of fused-ring (bicyclic) bond motifs is 1. The molecule has 332 valence electrons. The van der Waals surface area contributed by atoms with Crippen LogP contribution >= 0.6 is 0 Å². The first-order valence-corrected chi connectivity index (χ1v) is 25.9. The Morgan fingerprint density at radius 1 is 0.281 bits per heavy atom. The lowest BCUT2D eigenvalue weighted by molar-refractivity contribution is 0.443. The molecular weight excluding hydrogens is 773 g/mol. The first-order valence-electron chi connectivity index (χ1n) is 25.9. The van der Waals surface area contributed by atoms with E-state index in [1.165, 1.54) is 207 Å². The minimum absolute atomic E-state index is 0.546. The van der Waals surface area contributed by atoms with Gasteiger partial charge in [0, 0.05) is 34.1 Å². The van der Waals surface area contributed by atoms with Crippen LogP contribution in [0.5, 0.6) is 0 Å². The molecule has 0 bridgehead atoms. The minimum Gasteiger partial charge on any atom is -0.310 e. The minimum atomic E-state index is 0.546. The first kappa shape index (κ1) is 43.1. The Kier molecular flexibility index (Phi) is 13.0. The van der Waals surface area contributed by atoms with Gasteiger partial charge in [-0.3, -0.25) is 0 Å². The van der Waals surface area contributed by atoms with Crippen LogP contribution in [0.4, 0.5) is 34.1 Å². The third-order valence-electron chi connectivity index (χ3n) is 16.1. The van der Waals surface area contributed by atoms with Gasteiger partial charge in [-0.15, -0.1) is 0 Å². The van der Waals surface area contributed by atoms with Crippen molar-refractivity contribution in [3.05, 3.63) is 154 Å². The maximum Gasteiger partial charge on any atom is 0.0470 e. The second-order valence-electron chi connectivity index (χ2n) is 21.1. The molecular formula is C62H74N2. The first-order chi connectivity index (χ1) is 31.3. The Bertz CT molecular complexity index is 2300.